The van der Waals surface area contributed by atoms with Gasteiger partial charge in [-0.05, 0) is 57.6 Å². The molecule has 0 aliphatic heterocycles. The number of imidazole rings is 1. The Kier molecular flexibility index (Phi) is 4.66. The first-order valence-electron chi connectivity index (χ1n) is 8.42. The third-order valence-corrected chi connectivity index (χ3v) is 4.80. The molecule has 6 heteroatoms. The van der Waals surface area contributed by atoms with E-state index in [9.17, 15) is 9.90 Å². The molecule has 2 N–H and O–H groups in total. The molecule has 3 rings (SSSR count). The molecule has 1 saturated carbocycles. The van der Waals surface area contributed by atoms with E-state index in [-0.39, 0.29) is 11.9 Å². The zero-order valence-electron chi connectivity index (χ0n) is 14.1. The summed E-state index contributed by atoms with van der Waals surface area (Å²) >= 11 is 0. The van der Waals surface area contributed by atoms with E-state index in [0.29, 0.717) is 17.4 Å². The van der Waals surface area contributed by atoms with E-state index in [1.165, 1.54) is 0 Å². The molecular formula is C18H24N4O2. The minimum absolute atomic E-state index is 0.148. The highest BCUT2D eigenvalue weighted by Gasteiger charge is 2.31. The lowest BCUT2D eigenvalue weighted by Gasteiger charge is -2.36. The molecule has 0 unspecified atom stereocenters. The molecule has 1 amide bonds. The number of rotatable bonds is 4. The lowest BCUT2D eigenvalue weighted by atomic mass is 9.77. The molecule has 1 aliphatic rings. The first-order chi connectivity index (χ1) is 11.4. The highest BCUT2D eigenvalue weighted by molar-refractivity contribution is 5.92. The normalized spacial score (nSPS) is 21.5. The lowest BCUT2D eigenvalue weighted by Crippen LogP contribution is -2.42. The zero-order chi connectivity index (χ0) is 17.2. The van der Waals surface area contributed by atoms with E-state index in [0.717, 1.165) is 25.7 Å². The predicted molar refractivity (Wildman–Crippen MR) is 90.9 cm³/mol. The van der Waals surface area contributed by atoms with E-state index in [2.05, 4.69) is 15.3 Å². The topological polar surface area (TPSA) is 80.0 Å². The van der Waals surface area contributed by atoms with Gasteiger partial charge in [-0.1, -0.05) is 6.07 Å². The van der Waals surface area contributed by atoms with E-state index in [1.54, 1.807) is 29.4 Å². The first kappa shape index (κ1) is 16.6. The van der Waals surface area contributed by atoms with Gasteiger partial charge >= 0.3 is 0 Å². The maximum atomic E-state index is 12.5. The average molecular weight is 328 g/mol. The molecule has 0 aromatic carbocycles. The van der Waals surface area contributed by atoms with Crippen molar-refractivity contribution in [1.29, 1.82) is 0 Å². The van der Waals surface area contributed by atoms with Gasteiger partial charge in [0.2, 0.25) is 0 Å². The SMILES string of the molecule is CC(C)(O)[C@H]1CC[C@H](NC(=O)c2cccc(-n3ccnc3)n2)CC1. The molecule has 0 saturated heterocycles. The maximum Gasteiger partial charge on any atom is 0.270 e. The van der Waals surface area contributed by atoms with Crippen LogP contribution in [0.15, 0.2) is 36.9 Å². The molecule has 2 heterocycles. The summed E-state index contributed by atoms with van der Waals surface area (Å²) in [6.07, 6.45) is 8.76. The number of carbonyl (C=O) groups is 1. The molecule has 1 fully saturated rings. The van der Waals surface area contributed by atoms with Gasteiger partial charge < -0.3 is 10.4 Å². The number of nitrogens with zero attached hydrogens (tertiary/aromatic N) is 3. The summed E-state index contributed by atoms with van der Waals surface area (Å²) in [5.74, 6) is 0.822. The van der Waals surface area contributed by atoms with Crippen molar-refractivity contribution in [2.24, 2.45) is 5.92 Å². The summed E-state index contributed by atoms with van der Waals surface area (Å²) in [6, 6.07) is 5.53. The summed E-state index contributed by atoms with van der Waals surface area (Å²) in [7, 11) is 0. The van der Waals surface area contributed by atoms with Crippen molar-refractivity contribution in [3.63, 3.8) is 0 Å². The second kappa shape index (κ2) is 6.73. The van der Waals surface area contributed by atoms with Gasteiger partial charge in [-0.2, -0.15) is 0 Å². The molecule has 128 valence electrons. The Labute approximate surface area is 141 Å². The zero-order valence-corrected chi connectivity index (χ0v) is 14.1. The molecule has 6 nitrogen and oxygen atoms in total. The van der Waals surface area contributed by atoms with Crippen molar-refractivity contribution in [1.82, 2.24) is 19.9 Å². The van der Waals surface area contributed by atoms with Crippen LogP contribution in [0.2, 0.25) is 0 Å². The summed E-state index contributed by atoms with van der Waals surface area (Å²) < 4.78 is 1.77. The average Bonchev–Trinajstić information content (AvgIpc) is 3.09. The van der Waals surface area contributed by atoms with Gasteiger partial charge in [0, 0.05) is 18.4 Å². The second-order valence-electron chi connectivity index (χ2n) is 7.03. The Balaban J connectivity index is 1.61. The van der Waals surface area contributed by atoms with Gasteiger partial charge in [-0.25, -0.2) is 9.97 Å². The Morgan fingerprint density at radius 3 is 2.67 bits per heavy atom. The summed E-state index contributed by atoms with van der Waals surface area (Å²) in [4.78, 5) is 20.9. The largest absolute Gasteiger partial charge is 0.390 e. The molecule has 0 spiro atoms. The van der Waals surface area contributed by atoms with Crippen LogP contribution in [0.25, 0.3) is 5.82 Å². The van der Waals surface area contributed by atoms with Crippen molar-refractivity contribution in [2.45, 2.75) is 51.2 Å². The standard InChI is InChI=1S/C18H24N4O2/c1-18(2,24)13-6-8-14(9-7-13)20-17(23)15-4-3-5-16(21-15)22-11-10-19-12-22/h3-5,10-14,24H,6-9H2,1-2H3,(H,20,23)/t13-,14-. The van der Waals surface area contributed by atoms with E-state index < -0.39 is 5.60 Å². The van der Waals surface area contributed by atoms with Crippen LogP contribution in [-0.2, 0) is 0 Å². The van der Waals surface area contributed by atoms with Gasteiger partial charge in [-0.3, -0.25) is 9.36 Å². The number of carbonyl (C=O) groups excluding carboxylic acids is 1. The van der Waals surface area contributed by atoms with Crippen LogP contribution < -0.4 is 5.32 Å². The fourth-order valence-electron chi connectivity index (χ4n) is 3.29. The van der Waals surface area contributed by atoms with Crippen LogP contribution in [0.5, 0.6) is 0 Å². The van der Waals surface area contributed by atoms with Crippen molar-refractivity contribution in [2.75, 3.05) is 0 Å². The van der Waals surface area contributed by atoms with Crippen LogP contribution in [0.1, 0.15) is 50.0 Å². The quantitative estimate of drug-likeness (QED) is 0.903. The van der Waals surface area contributed by atoms with Crippen LogP contribution in [0.4, 0.5) is 0 Å². The van der Waals surface area contributed by atoms with Crippen molar-refractivity contribution < 1.29 is 9.90 Å². The summed E-state index contributed by atoms with van der Waals surface area (Å²) in [5.41, 5.74) is -0.235. The number of aromatic nitrogens is 3. The molecule has 2 aromatic heterocycles. The van der Waals surface area contributed by atoms with Crippen LogP contribution >= 0.6 is 0 Å². The highest BCUT2D eigenvalue weighted by atomic mass is 16.3. The number of hydrogen-bond acceptors (Lipinski definition) is 4. The Morgan fingerprint density at radius 2 is 2.04 bits per heavy atom. The first-order valence-corrected chi connectivity index (χ1v) is 8.42. The lowest BCUT2D eigenvalue weighted by molar-refractivity contribution is -0.00258. The Morgan fingerprint density at radius 1 is 1.29 bits per heavy atom. The van der Waals surface area contributed by atoms with Gasteiger partial charge in [0.15, 0.2) is 0 Å². The maximum absolute atomic E-state index is 12.5. The molecular weight excluding hydrogens is 304 g/mol. The number of nitrogens with one attached hydrogen (secondary N) is 1. The van der Waals surface area contributed by atoms with Gasteiger partial charge in [0.05, 0.1) is 5.60 Å². The van der Waals surface area contributed by atoms with Gasteiger partial charge in [-0.15, -0.1) is 0 Å². The van der Waals surface area contributed by atoms with Crippen molar-refractivity contribution >= 4 is 5.91 Å². The van der Waals surface area contributed by atoms with Crippen molar-refractivity contribution in [3.05, 3.63) is 42.6 Å². The van der Waals surface area contributed by atoms with Crippen molar-refractivity contribution in [3.8, 4) is 5.82 Å². The number of pyridine rings is 1. The minimum Gasteiger partial charge on any atom is -0.390 e. The molecule has 24 heavy (non-hydrogen) atoms. The number of hydrogen-bond donors (Lipinski definition) is 2. The fourth-order valence-corrected chi connectivity index (χ4v) is 3.29. The van der Waals surface area contributed by atoms with Crippen LogP contribution in [0, 0.1) is 5.92 Å². The van der Waals surface area contributed by atoms with Crippen LogP contribution in [0.3, 0.4) is 0 Å². The molecule has 1 aliphatic carbocycles. The minimum atomic E-state index is -0.643. The number of aliphatic hydroxyl groups is 1. The van der Waals surface area contributed by atoms with Crippen LogP contribution in [-0.4, -0.2) is 37.2 Å². The number of amides is 1. The van der Waals surface area contributed by atoms with Gasteiger partial charge in [0.1, 0.15) is 17.8 Å². The molecule has 2 aromatic rings. The second-order valence-corrected chi connectivity index (χ2v) is 7.03. The third-order valence-electron chi connectivity index (χ3n) is 4.80. The van der Waals surface area contributed by atoms with E-state index in [4.69, 9.17) is 0 Å². The van der Waals surface area contributed by atoms with Gasteiger partial charge in [0.25, 0.3) is 5.91 Å². The Hall–Kier alpha value is -2.21. The summed E-state index contributed by atoms with van der Waals surface area (Å²) in [6.45, 7) is 3.73. The summed E-state index contributed by atoms with van der Waals surface area (Å²) in [5, 5.41) is 13.2. The van der Waals surface area contributed by atoms with E-state index in [1.807, 2.05) is 26.0 Å². The Bertz CT molecular complexity index is 683. The molecule has 0 bridgehead atoms. The van der Waals surface area contributed by atoms with E-state index >= 15 is 0 Å². The molecule has 0 atom stereocenters. The molecule has 0 radical (unpaired) electrons. The monoisotopic (exact) mass is 328 g/mol. The predicted octanol–water partition coefficient (Wildman–Crippen LogP) is 2.33. The third kappa shape index (κ3) is 3.82. The highest BCUT2D eigenvalue weighted by Crippen LogP contribution is 2.32. The smallest absolute Gasteiger partial charge is 0.270 e. The fraction of sp³-hybridized carbons (Fsp3) is 0.500.